The van der Waals surface area contributed by atoms with Gasteiger partial charge in [-0.3, -0.25) is 0 Å². The molecule has 0 aliphatic carbocycles. The molecule has 0 aromatic carbocycles. The second-order valence-corrected chi connectivity index (χ2v) is 8.58. The molecule has 0 bridgehead atoms. The third kappa shape index (κ3) is 4.19. The van der Waals surface area contributed by atoms with Gasteiger partial charge >= 0.3 is 0 Å². The monoisotopic (exact) mass is 328 g/mol. The van der Waals surface area contributed by atoms with Crippen LogP contribution in [-0.2, 0) is 10.2 Å². The molecule has 126 valence electrons. The molecule has 0 N–H and O–H groups in total. The summed E-state index contributed by atoms with van der Waals surface area (Å²) in [5, 5.41) is 8.87. The summed E-state index contributed by atoms with van der Waals surface area (Å²) in [7, 11) is -1.87. The normalized spacial score (nSPS) is 26.7. The SMILES string of the molecule is C[C@@H](C#N)CN(C)S(=O)(=O)N1CCC[C@@H](N2CCCC2)CC1. The highest BCUT2D eigenvalue weighted by Crippen LogP contribution is 2.23. The van der Waals surface area contributed by atoms with Gasteiger partial charge < -0.3 is 4.90 Å². The van der Waals surface area contributed by atoms with Crippen LogP contribution in [0.3, 0.4) is 0 Å². The summed E-state index contributed by atoms with van der Waals surface area (Å²) in [6, 6.07) is 2.63. The smallest absolute Gasteiger partial charge is 0.281 e. The molecule has 2 aliphatic heterocycles. The van der Waals surface area contributed by atoms with Crippen LogP contribution in [0.4, 0.5) is 0 Å². The Hall–Kier alpha value is -0.680. The zero-order chi connectivity index (χ0) is 16.2. The summed E-state index contributed by atoms with van der Waals surface area (Å²) in [5.74, 6) is -0.288. The molecular weight excluding hydrogens is 300 g/mol. The predicted molar refractivity (Wildman–Crippen MR) is 86.3 cm³/mol. The van der Waals surface area contributed by atoms with Crippen molar-refractivity contribution in [2.24, 2.45) is 5.92 Å². The Morgan fingerprint density at radius 2 is 1.86 bits per heavy atom. The van der Waals surface area contributed by atoms with Gasteiger partial charge in [0.25, 0.3) is 10.2 Å². The van der Waals surface area contributed by atoms with Crippen LogP contribution >= 0.6 is 0 Å². The van der Waals surface area contributed by atoms with Gasteiger partial charge in [0.1, 0.15) is 0 Å². The quantitative estimate of drug-likeness (QED) is 0.762. The van der Waals surface area contributed by atoms with Gasteiger partial charge in [-0.15, -0.1) is 0 Å². The number of hydrogen-bond donors (Lipinski definition) is 0. The number of nitriles is 1. The lowest BCUT2D eigenvalue weighted by atomic mass is 10.1. The van der Waals surface area contributed by atoms with Crippen LogP contribution in [0.2, 0.25) is 0 Å². The molecule has 22 heavy (non-hydrogen) atoms. The molecule has 2 atom stereocenters. The molecule has 2 rings (SSSR count). The lowest BCUT2D eigenvalue weighted by molar-refractivity contribution is 0.222. The molecule has 2 aliphatic rings. The maximum atomic E-state index is 12.6. The van der Waals surface area contributed by atoms with Crippen LogP contribution in [0.1, 0.15) is 39.0 Å². The van der Waals surface area contributed by atoms with Crippen LogP contribution in [0.25, 0.3) is 0 Å². The van der Waals surface area contributed by atoms with E-state index in [0.717, 1.165) is 32.4 Å². The van der Waals surface area contributed by atoms with Crippen LogP contribution in [0.15, 0.2) is 0 Å². The number of nitrogens with zero attached hydrogens (tertiary/aromatic N) is 4. The van der Waals surface area contributed by atoms with Crippen LogP contribution < -0.4 is 0 Å². The maximum Gasteiger partial charge on any atom is 0.281 e. The molecule has 2 heterocycles. The Morgan fingerprint density at radius 3 is 2.50 bits per heavy atom. The molecule has 2 fully saturated rings. The van der Waals surface area contributed by atoms with Crippen LogP contribution in [0.5, 0.6) is 0 Å². The van der Waals surface area contributed by atoms with E-state index in [4.69, 9.17) is 5.26 Å². The highest BCUT2D eigenvalue weighted by Gasteiger charge is 2.32. The minimum absolute atomic E-state index is 0.255. The van der Waals surface area contributed by atoms with Gasteiger partial charge in [-0.2, -0.15) is 22.3 Å². The van der Waals surface area contributed by atoms with Gasteiger partial charge in [0.15, 0.2) is 0 Å². The molecule has 0 radical (unpaired) electrons. The summed E-state index contributed by atoms with van der Waals surface area (Å²) >= 11 is 0. The van der Waals surface area contributed by atoms with E-state index in [1.54, 1.807) is 18.3 Å². The molecule has 0 aromatic rings. The zero-order valence-electron chi connectivity index (χ0n) is 13.7. The fraction of sp³-hybridized carbons (Fsp3) is 0.933. The molecule has 7 heteroatoms. The summed E-state index contributed by atoms with van der Waals surface area (Å²) < 4.78 is 28.2. The van der Waals surface area contributed by atoms with E-state index < -0.39 is 10.2 Å². The third-order valence-electron chi connectivity index (χ3n) is 4.79. The van der Waals surface area contributed by atoms with E-state index in [-0.39, 0.29) is 12.5 Å². The fourth-order valence-electron chi connectivity index (χ4n) is 3.47. The van der Waals surface area contributed by atoms with Crippen molar-refractivity contribution in [3.63, 3.8) is 0 Å². The number of likely N-dealkylation sites (tertiary alicyclic amines) is 1. The van der Waals surface area contributed by atoms with Gasteiger partial charge in [0.2, 0.25) is 0 Å². The highest BCUT2D eigenvalue weighted by atomic mass is 32.2. The van der Waals surface area contributed by atoms with E-state index in [1.165, 1.54) is 17.1 Å². The molecule has 0 unspecified atom stereocenters. The van der Waals surface area contributed by atoms with Gasteiger partial charge in [0.05, 0.1) is 12.0 Å². The average Bonchev–Trinajstić information content (AvgIpc) is 2.91. The van der Waals surface area contributed by atoms with Gasteiger partial charge in [-0.1, -0.05) is 0 Å². The molecular formula is C15H28N4O2S. The van der Waals surface area contributed by atoms with E-state index >= 15 is 0 Å². The molecule has 2 saturated heterocycles. The predicted octanol–water partition coefficient (Wildman–Crippen LogP) is 1.27. The van der Waals surface area contributed by atoms with Gasteiger partial charge in [0, 0.05) is 32.7 Å². The minimum Gasteiger partial charge on any atom is -0.300 e. The van der Waals surface area contributed by atoms with Gasteiger partial charge in [-0.25, -0.2) is 0 Å². The fourth-order valence-corrected chi connectivity index (χ4v) is 4.98. The second kappa shape index (κ2) is 7.73. The minimum atomic E-state index is -3.44. The average molecular weight is 328 g/mol. The zero-order valence-corrected chi connectivity index (χ0v) is 14.6. The Morgan fingerprint density at radius 1 is 1.18 bits per heavy atom. The topological polar surface area (TPSA) is 67.6 Å². The highest BCUT2D eigenvalue weighted by molar-refractivity contribution is 7.86. The molecule has 0 aromatic heterocycles. The van der Waals surface area contributed by atoms with Crippen molar-refractivity contribution in [3.05, 3.63) is 0 Å². The molecule has 0 amide bonds. The first-order chi connectivity index (χ1) is 10.4. The Labute approximate surface area is 134 Å². The van der Waals surface area contributed by atoms with Gasteiger partial charge in [-0.05, 0) is 52.1 Å². The van der Waals surface area contributed by atoms with Crippen molar-refractivity contribution >= 4 is 10.2 Å². The van der Waals surface area contributed by atoms with E-state index in [9.17, 15) is 8.42 Å². The first-order valence-corrected chi connectivity index (χ1v) is 9.70. The van der Waals surface area contributed by atoms with Crippen molar-refractivity contribution in [3.8, 4) is 6.07 Å². The Bertz CT molecular complexity index is 496. The van der Waals surface area contributed by atoms with E-state index in [1.807, 2.05) is 0 Å². The second-order valence-electron chi connectivity index (χ2n) is 6.55. The molecule has 0 saturated carbocycles. The third-order valence-corrected chi connectivity index (χ3v) is 6.74. The van der Waals surface area contributed by atoms with Crippen molar-refractivity contribution in [2.75, 3.05) is 39.8 Å². The van der Waals surface area contributed by atoms with Crippen molar-refractivity contribution in [2.45, 2.75) is 45.1 Å². The van der Waals surface area contributed by atoms with Crippen molar-refractivity contribution < 1.29 is 8.42 Å². The summed E-state index contributed by atoms with van der Waals surface area (Å²) in [6.07, 6.45) is 5.47. The lowest BCUT2D eigenvalue weighted by Crippen LogP contribution is -2.44. The van der Waals surface area contributed by atoms with E-state index in [0.29, 0.717) is 19.1 Å². The largest absolute Gasteiger partial charge is 0.300 e. The lowest BCUT2D eigenvalue weighted by Gasteiger charge is -2.28. The first-order valence-electron chi connectivity index (χ1n) is 8.30. The standard InChI is InChI=1S/C15H28N4O2S/c1-14(12-16)13-17(2)22(20,21)19-10-5-6-15(7-11-19)18-8-3-4-9-18/h14-15H,3-11,13H2,1-2H3/t14-,15+/m0/s1. The van der Waals surface area contributed by atoms with E-state index in [2.05, 4.69) is 11.0 Å². The van der Waals surface area contributed by atoms with Crippen molar-refractivity contribution in [1.29, 1.82) is 5.26 Å². The number of rotatable bonds is 5. The molecule has 0 spiro atoms. The maximum absolute atomic E-state index is 12.6. The van der Waals surface area contributed by atoms with Crippen LogP contribution in [-0.4, -0.2) is 67.7 Å². The number of hydrogen-bond acceptors (Lipinski definition) is 4. The summed E-state index contributed by atoms with van der Waals surface area (Å²) in [5.41, 5.74) is 0. The molecule has 6 nitrogen and oxygen atoms in total. The van der Waals surface area contributed by atoms with Crippen LogP contribution in [0, 0.1) is 17.2 Å². The first kappa shape index (κ1) is 17.7. The summed E-state index contributed by atoms with van der Waals surface area (Å²) in [4.78, 5) is 2.53. The Balaban J connectivity index is 1.95. The van der Waals surface area contributed by atoms with Crippen molar-refractivity contribution in [1.82, 2.24) is 13.5 Å². The summed E-state index contributed by atoms with van der Waals surface area (Å²) in [6.45, 7) is 5.52. The Kier molecular flexibility index (Phi) is 6.21.